The lowest BCUT2D eigenvalue weighted by Crippen LogP contribution is -2.48. The molecule has 5 heterocycles. The van der Waals surface area contributed by atoms with Crippen molar-refractivity contribution in [2.24, 2.45) is 0 Å². The largest absolute Gasteiger partial charge is 0.479 e. The molecule has 2 saturated heterocycles. The predicted molar refractivity (Wildman–Crippen MR) is 125 cm³/mol. The van der Waals surface area contributed by atoms with Crippen molar-refractivity contribution >= 4 is 22.5 Å². The maximum Gasteiger partial charge on any atom is 0.281 e. The minimum absolute atomic E-state index is 0.0311. The molecule has 0 bridgehead atoms. The van der Waals surface area contributed by atoms with Crippen LogP contribution in [-0.4, -0.2) is 92.3 Å². The fraction of sp³-hybridized carbons (Fsp3) is 0.478. The number of aryl methyl sites for hydroxylation is 1. The molecular weight excluding hydrogens is 515 g/mol. The highest BCUT2D eigenvalue weighted by molar-refractivity contribution is 5.89. The summed E-state index contributed by atoms with van der Waals surface area (Å²) in [5.74, 6) is -3.87. The fourth-order valence-corrected chi connectivity index (χ4v) is 4.84. The van der Waals surface area contributed by atoms with Crippen LogP contribution in [0.15, 0.2) is 24.4 Å². The van der Waals surface area contributed by atoms with Crippen LogP contribution in [0.4, 0.5) is 27.9 Å². The molecule has 202 valence electrons. The van der Waals surface area contributed by atoms with E-state index in [1.807, 2.05) is 0 Å². The Kier molecular flexibility index (Phi) is 6.06. The molecule has 15 heteroatoms. The van der Waals surface area contributed by atoms with E-state index in [1.165, 1.54) is 16.3 Å². The number of hydrogen-bond acceptors (Lipinski definition) is 8. The SMILES string of the molecule is COc1nc(NC2CN(C3COC3)CC2(F)F)nn2cc(F)c(-c3ccc4nnn(CCC(F)F)c4c3)c12. The molecule has 38 heavy (non-hydrogen) atoms. The Morgan fingerprint density at radius 1 is 1.26 bits per heavy atom. The van der Waals surface area contributed by atoms with Gasteiger partial charge in [-0.3, -0.25) is 4.90 Å². The van der Waals surface area contributed by atoms with Crippen LogP contribution in [0.2, 0.25) is 0 Å². The van der Waals surface area contributed by atoms with Gasteiger partial charge in [0, 0.05) is 19.5 Å². The van der Waals surface area contributed by atoms with Crippen molar-refractivity contribution in [2.75, 3.05) is 38.7 Å². The molecule has 2 fully saturated rings. The van der Waals surface area contributed by atoms with E-state index in [9.17, 15) is 17.6 Å². The van der Waals surface area contributed by atoms with Crippen molar-refractivity contribution in [3.63, 3.8) is 0 Å². The standard InChI is InChI=1S/C23H23F5N8O2/c1-37-21-20-19(12-2-3-15-16(6-12)35(33-31-15)5-4-18(25)26)14(24)7-36(20)32-22(30-21)29-17-8-34(11-23(17,27)28)13-9-38-10-13/h2-3,6-7,13,17-18H,4-5,8-11H2,1H3,(H,29,32). The maximum absolute atomic E-state index is 15.3. The second-order valence-corrected chi connectivity index (χ2v) is 9.36. The summed E-state index contributed by atoms with van der Waals surface area (Å²) in [4.78, 5) is 5.92. The molecule has 1 aromatic carbocycles. The van der Waals surface area contributed by atoms with Gasteiger partial charge >= 0.3 is 0 Å². The summed E-state index contributed by atoms with van der Waals surface area (Å²) in [5, 5.41) is 14.8. The highest BCUT2D eigenvalue weighted by Gasteiger charge is 2.51. The Hall–Kier alpha value is -3.59. The molecule has 1 unspecified atom stereocenters. The van der Waals surface area contributed by atoms with E-state index in [1.54, 1.807) is 23.1 Å². The molecule has 0 radical (unpaired) electrons. The quantitative estimate of drug-likeness (QED) is 0.342. The van der Waals surface area contributed by atoms with Crippen LogP contribution in [0.1, 0.15) is 6.42 Å². The topological polar surface area (TPSA) is 94.6 Å². The molecule has 1 atom stereocenters. The first-order valence-corrected chi connectivity index (χ1v) is 11.9. The van der Waals surface area contributed by atoms with E-state index in [4.69, 9.17) is 9.47 Å². The number of rotatable bonds is 8. The lowest BCUT2D eigenvalue weighted by molar-refractivity contribution is -0.0711. The first-order chi connectivity index (χ1) is 18.2. The molecule has 2 aliphatic heterocycles. The third-order valence-electron chi connectivity index (χ3n) is 6.89. The van der Waals surface area contributed by atoms with E-state index in [2.05, 4.69) is 25.7 Å². The van der Waals surface area contributed by atoms with Gasteiger partial charge < -0.3 is 14.8 Å². The monoisotopic (exact) mass is 538 g/mol. The number of benzene rings is 1. The van der Waals surface area contributed by atoms with Crippen LogP contribution in [0.5, 0.6) is 5.88 Å². The Morgan fingerprint density at radius 2 is 2.08 bits per heavy atom. The molecule has 6 rings (SSSR count). The van der Waals surface area contributed by atoms with Crippen molar-refractivity contribution in [3.05, 3.63) is 30.2 Å². The van der Waals surface area contributed by atoms with Crippen molar-refractivity contribution in [1.82, 2.24) is 34.5 Å². The van der Waals surface area contributed by atoms with Crippen LogP contribution in [0, 0.1) is 5.82 Å². The number of anilines is 1. The zero-order valence-corrected chi connectivity index (χ0v) is 20.1. The van der Waals surface area contributed by atoms with Gasteiger partial charge in [0.1, 0.15) is 17.1 Å². The van der Waals surface area contributed by atoms with Gasteiger partial charge in [-0.15, -0.1) is 10.2 Å². The molecule has 10 nitrogen and oxygen atoms in total. The molecule has 0 spiro atoms. The van der Waals surface area contributed by atoms with Gasteiger partial charge in [-0.25, -0.2) is 31.1 Å². The van der Waals surface area contributed by atoms with E-state index in [0.717, 1.165) is 6.20 Å². The lowest BCUT2D eigenvalue weighted by atomic mass is 10.1. The summed E-state index contributed by atoms with van der Waals surface area (Å²) >= 11 is 0. The van der Waals surface area contributed by atoms with Crippen molar-refractivity contribution in [2.45, 2.75) is 37.4 Å². The molecule has 3 aromatic heterocycles. The maximum atomic E-state index is 15.3. The van der Waals surface area contributed by atoms with E-state index < -0.39 is 37.2 Å². The number of aromatic nitrogens is 6. The number of fused-ring (bicyclic) bond motifs is 2. The number of alkyl halides is 4. The zero-order chi connectivity index (χ0) is 26.6. The van der Waals surface area contributed by atoms with Crippen molar-refractivity contribution < 1.29 is 31.4 Å². The number of likely N-dealkylation sites (tertiary alicyclic amines) is 1. The minimum Gasteiger partial charge on any atom is -0.479 e. The summed E-state index contributed by atoms with van der Waals surface area (Å²) in [6, 6.07) is 3.49. The predicted octanol–water partition coefficient (Wildman–Crippen LogP) is 3.07. The van der Waals surface area contributed by atoms with Gasteiger partial charge in [0.15, 0.2) is 5.82 Å². The zero-order valence-electron chi connectivity index (χ0n) is 20.1. The van der Waals surface area contributed by atoms with Gasteiger partial charge in [0.05, 0.1) is 50.2 Å². The van der Waals surface area contributed by atoms with E-state index >= 15 is 4.39 Å². The summed E-state index contributed by atoms with van der Waals surface area (Å²) in [6.07, 6.45) is -1.81. The fourth-order valence-electron chi connectivity index (χ4n) is 4.84. The van der Waals surface area contributed by atoms with Gasteiger partial charge in [0.2, 0.25) is 18.3 Å². The highest BCUT2D eigenvalue weighted by atomic mass is 19.3. The average molecular weight is 538 g/mol. The molecule has 1 N–H and O–H groups in total. The third kappa shape index (κ3) is 4.28. The smallest absolute Gasteiger partial charge is 0.281 e. The Morgan fingerprint density at radius 3 is 2.79 bits per heavy atom. The number of halogens is 5. The highest BCUT2D eigenvalue weighted by Crippen LogP contribution is 2.36. The molecule has 0 amide bonds. The number of nitrogens with one attached hydrogen (secondary N) is 1. The molecular formula is C23H23F5N8O2. The van der Waals surface area contributed by atoms with Crippen LogP contribution in [0.3, 0.4) is 0 Å². The summed E-state index contributed by atoms with van der Waals surface area (Å²) < 4.78 is 83.2. The Labute approximate surface area is 212 Å². The number of methoxy groups -OCH3 is 1. The van der Waals surface area contributed by atoms with Crippen LogP contribution >= 0.6 is 0 Å². The number of hydrogen-bond donors (Lipinski definition) is 1. The van der Waals surface area contributed by atoms with Crippen LogP contribution in [-0.2, 0) is 11.3 Å². The minimum atomic E-state index is -3.04. The second kappa shape index (κ2) is 9.31. The molecule has 2 aliphatic rings. The van der Waals surface area contributed by atoms with Crippen molar-refractivity contribution in [3.8, 4) is 17.0 Å². The third-order valence-corrected chi connectivity index (χ3v) is 6.89. The Balaban J connectivity index is 1.34. The Bertz CT molecular complexity index is 1490. The summed E-state index contributed by atoms with van der Waals surface area (Å²) in [6.45, 7) is 0.433. The normalized spacial score (nSPS) is 20.0. The molecule has 4 aromatic rings. The first kappa shape index (κ1) is 24.7. The van der Waals surface area contributed by atoms with Gasteiger partial charge in [-0.2, -0.15) is 4.98 Å². The average Bonchev–Trinajstić information content (AvgIpc) is 3.47. The number of nitrogens with zero attached hydrogens (tertiary/aromatic N) is 7. The van der Waals surface area contributed by atoms with Gasteiger partial charge in [-0.1, -0.05) is 11.3 Å². The van der Waals surface area contributed by atoms with E-state index in [0.29, 0.717) is 29.8 Å². The van der Waals surface area contributed by atoms with E-state index in [-0.39, 0.29) is 42.0 Å². The molecule has 0 aliphatic carbocycles. The molecule has 0 saturated carbocycles. The first-order valence-electron chi connectivity index (χ1n) is 11.9. The van der Waals surface area contributed by atoms with Gasteiger partial charge in [-0.05, 0) is 17.7 Å². The van der Waals surface area contributed by atoms with Crippen LogP contribution < -0.4 is 10.1 Å². The summed E-state index contributed by atoms with van der Waals surface area (Å²) in [5.41, 5.74) is 1.57. The van der Waals surface area contributed by atoms with Gasteiger partial charge in [0.25, 0.3) is 5.92 Å². The number of ether oxygens (including phenoxy) is 2. The lowest BCUT2D eigenvalue weighted by Gasteiger charge is -2.34. The summed E-state index contributed by atoms with van der Waals surface area (Å²) in [7, 11) is 1.33. The second-order valence-electron chi connectivity index (χ2n) is 9.36. The van der Waals surface area contributed by atoms with Crippen LogP contribution in [0.25, 0.3) is 27.7 Å². The van der Waals surface area contributed by atoms with Crippen molar-refractivity contribution in [1.29, 1.82) is 0 Å².